The molecule has 2 heterocycles. The summed E-state index contributed by atoms with van der Waals surface area (Å²) >= 11 is 0. The fourth-order valence-corrected chi connectivity index (χ4v) is 3.06. The van der Waals surface area contributed by atoms with Crippen LogP contribution in [0.25, 0.3) is 10.9 Å². The largest absolute Gasteiger partial charge is 0.393 e. The molecule has 1 aliphatic rings. The Balaban J connectivity index is 1.95. The zero-order valence-electron chi connectivity index (χ0n) is 11.9. The quantitative estimate of drug-likeness (QED) is 0.924. The molecule has 112 valence electrons. The van der Waals surface area contributed by atoms with Gasteiger partial charge in [-0.3, -0.25) is 4.98 Å². The minimum absolute atomic E-state index is 0.201. The lowest BCUT2D eigenvalue weighted by molar-refractivity contribution is 0.110. The molecule has 0 aliphatic carbocycles. The number of aromatic nitrogens is 1. The van der Waals surface area contributed by atoms with Gasteiger partial charge in [-0.25, -0.2) is 8.78 Å². The monoisotopic (exact) mass is 292 g/mol. The van der Waals surface area contributed by atoms with Crippen LogP contribution >= 0.6 is 0 Å². The first-order valence-corrected chi connectivity index (χ1v) is 7.23. The molecule has 1 aromatic heterocycles. The van der Waals surface area contributed by atoms with E-state index in [1.54, 1.807) is 12.3 Å². The topological polar surface area (TPSA) is 36.4 Å². The van der Waals surface area contributed by atoms with Crippen molar-refractivity contribution in [3.05, 3.63) is 36.0 Å². The first-order valence-electron chi connectivity index (χ1n) is 7.23. The van der Waals surface area contributed by atoms with Crippen molar-refractivity contribution in [2.45, 2.75) is 25.9 Å². The number of aliphatic hydroxyl groups excluding tert-OH is 1. The Morgan fingerprint density at radius 1 is 1.29 bits per heavy atom. The first-order chi connectivity index (χ1) is 10.1. The van der Waals surface area contributed by atoms with Crippen LogP contribution in [0.3, 0.4) is 0 Å². The third-order valence-electron chi connectivity index (χ3n) is 4.30. The Kier molecular flexibility index (Phi) is 3.76. The highest BCUT2D eigenvalue weighted by Crippen LogP contribution is 2.31. The normalized spacial score (nSPS) is 18.2. The van der Waals surface area contributed by atoms with Crippen molar-refractivity contribution < 1.29 is 13.9 Å². The number of piperidine rings is 1. The fraction of sp³-hybridized carbons (Fsp3) is 0.438. The van der Waals surface area contributed by atoms with E-state index in [-0.39, 0.29) is 11.6 Å². The summed E-state index contributed by atoms with van der Waals surface area (Å²) in [5.74, 6) is -0.929. The van der Waals surface area contributed by atoms with Gasteiger partial charge in [-0.05, 0) is 37.8 Å². The van der Waals surface area contributed by atoms with E-state index in [0.29, 0.717) is 11.3 Å². The average molecular weight is 292 g/mol. The molecule has 2 aromatic rings. The van der Waals surface area contributed by atoms with Crippen LogP contribution in [-0.2, 0) is 0 Å². The molecular formula is C16H18F2N2O. The van der Waals surface area contributed by atoms with Crippen molar-refractivity contribution in [2.75, 3.05) is 18.0 Å². The maximum Gasteiger partial charge on any atom is 0.152 e. The van der Waals surface area contributed by atoms with Gasteiger partial charge >= 0.3 is 0 Å². The van der Waals surface area contributed by atoms with E-state index in [1.165, 1.54) is 6.07 Å². The van der Waals surface area contributed by atoms with E-state index in [1.807, 2.05) is 6.92 Å². The second-order valence-corrected chi connectivity index (χ2v) is 5.68. The summed E-state index contributed by atoms with van der Waals surface area (Å²) in [5, 5.41) is 10.2. The smallest absolute Gasteiger partial charge is 0.152 e. The molecule has 3 nitrogen and oxygen atoms in total. The van der Waals surface area contributed by atoms with Crippen LogP contribution in [0.5, 0.6) is 0 Å². The van der Waals surface area contributed by atoms with Gasteiger partial charge in [0.15, 0.2) is 5.82 Å². The standard InChI is InChI=1S/C16H18F2N2O/c1-10(21)11-3-6-20(7-4-11)15-2-5-19-16-13(15)8-12(17)9-14(16)18/h2,5,8-11,21H,3-4,6-7H2,1H3. The lowest BCUT2D eigenvalue weighted by Gasteiger charge is -2.35. The lowest BCUT2D eigenvalue weighted by atomic mass is 9.92. The van der Waals surface area contributed by atoms with E-state index in [0.717, 1.165) is 37.7 Å². The van der Waals surface area contributed by atoms with Gasteiger partial charge in [-0.2, -0.15) is 0 Å². The Bertz CT molecular complexity index is 652. The maximum absolute atomic E-state index is 13.8. The van der Waals surface area contributed by atoms with Gasteiger partial charge in [0.2, 0.25) is 0 Å². The molecule has 0 amide bonds. The van der Waals surface area contributed by atoms with E-state index in [4.69, 9.17) is 0 Å². The molecule has 3 rings (SSSR count). The van der Waals surface area contributed by atoms with E-state index < -0.39 is 11.6 Å². The number of benzene rings is 1. The summed E-state index contributed by atoms with van der Waals surface area (Å²) in [6.45, 7) is 3.35. The van der Waals surface area contributed by atoms with Crippen LogP contribution in [-0.4, -0.2) is 29.3 Å². The highest BCUT2D eigenvalue weighted by molar-refractivity contribution is 5.92. The van der Waals surface area contributed by atoms with Crippen molar-refractivity contribution in [1.82, 2.24) is 4.98 Å². The van der Waals surface area contributed by atoms with Gasteiger partial charge in [0, 0.05) is 36.4 Å². The highest BCUT2D eigenvalue weighted by atomic mass is 19.1. The molecular weight excluding hydrogens is 274 g/mol. The number of hydrogen-bond acceptors (Lipinski definition) is 3. The molecule has 1 aliphatic heterocycles. The van der Waals surface area contributed by atoms with Gasteiger partial charge in [-0.15, -0.1) is 0 Å². The molecule has 1 saturated heterocycles. The zero-order chi connectivity index (χ0) is 15.0. The summed E-state index contributed by atoms with van der Waals surface area (Å²) < 4.78 is 27.3. The number of anilines is 1. The minimum Gasteiger partial charge on any atom is -0.393 e. The molecule has 1 aromatic carbocycles. The predicted molar refractivity (Wildman–Crippen MR) is 78.3 cm³/mol. The molecule has 5 heteroatoms. The minimum atomic E-state index is -0.634. The van der Waals surface area contributed by atoms with Crippen molar-refractivity contribution >= 4 is 16.6 Å². The molecule has 1 N–H and O–H groups in total. The van der Waals surface area contributed by atoms with Crippen LogP contribution in [0.2, 0.25) is 0 Å². The van der Waals surface area contributed by atoms with Crippen LogP contribution in [0.4, 0.5) is 14.5 Å². The van der Waals surface area contributed by atoms with Crippen molar-refractivity contribution in [2.24, 2.45) is 5.92 Å². The Morgan fingerprint density at radius 3 is 2.67 bits per heavy atom. The van der Waals surface area contributed by atoms with Gasteiger partial charge in [0.1, 0.15) is 11.3 Å². The summed E-state index contributed by atoms with van der Waals surface area (Å²) in [6, 6.07) is 3.99. The summed E-state index contributed by atoms with van der Waals surface area (Å²) in [5.41, 5.74) is 1.01. The van der Waals surface area contributed by atoms with Crippen LogP contribution in [0.1, 0.15) is 19.8 Å². The van der Waals surface area contributed by atoms with Gasteiger partial charge < -0.3 is 10.0 Å². The van der Waals surface area contributed by atoms with E-state index >= 15 is 0 Å². The highest BCUT2D eigenvalue weighted by Gasteiger charge is 2.24. The number of pyridine rings is 1. The van der Waals surface area contributed by atoms with E-state index in [2.05, 4.69) is 9.88 Å². The maximum atomic E-state index is 13.8. The first kappa shape index (κ1) is 14.2. The molecule has 1 unspecified atom stereocenters. The number of rotatable bonds is 2. The molecule has 0 bridgehead atoms. The van der Waals surface area contributed by atoms with Gasteiger partial charge in [-0.1, -0.05) is 0 Å². The second kappa shape index (κ2) is 5.56. The summed E-state index contributed by atoms with van der Waals surface area (Å²) in [4.78, 5) is 6.13. The third-order valence-corrected chi connectivity index (χ3v) is 4.30. The predicted octanol–water partition coefficient (Wildman–Crippen LogP) is 3.11. The molecule has 1 fully saturated rings. The summed E-state index contributed by atoms with van der Waals surface area (Å²) in [6.07, 6.45) is 2.99. The zero-order valence-corrected chi connectivity index (χ0v) is 11.9. The van der Waals surface area contributed by atoms with Crippen molar-refractivity contribution in [3.8, 4) is 0 Å². The van der Waals surface area contributed by atoms with Crippen LogP contribution in [0.15, 0.2) is 24.4 Å². The second-order valence-electron chi connectivity index (χ2n) is 5.68. The van der Waals surface area contributed by atoms with Gasteiger partial charge in [0.05, 0.1) is 6.10 Å². The SMILES string of the molecule is CC(O)C1CCN(c2ccnc3c(F)cc(F)cc23)CC1. The van der Waals surface area contributed by atoms with Crippen molar-refractivity contribution in [3.63, 3.8) is 0 Å². The summed E-state index contributed by atoms with van der Waals surface area (Å²) in [7, 11) is 0. The molecule has 0 spiro atoms. The Labute approximate surface area is 122 Å². The third kappa shape index (κ3) is 2.70. The number of hydrogen-bond donors (Lipinski definition) is 1. The molecule has 1 atom stereocenters. The Morgan fingerprint density at radius 2 is 2.00 bits per heavy atom. The van der Waals surface area contributed by atoms with Crippen LogP contribution in [0, 0.1) is 17.6 Å². The Hall–Kier alpha value is -1.75. The average Bonchev–Trinajstić information content (AvgIpc) is 2.46. The van der Waals surface area contributed by atoms with Crippen LogP contribution < -0.4 is 4.90 Å². The van der Waals surface area contributed by atoms with E-state index in [9.17, 15) is 13.9 Å². The molecule has 0 saturated carbocycles. The molecule has 0 radical (unpaired) electrons. The van der Waals surface area contributed by atoms with Gasteiger partial charge in [0.25, 0.3) is 0 Å². The van der Waals surface area contributed by atoms with Crippen molar-refractivity contribution in [1.29, 1.82) is 0 Å². The number of nitrogens with zero attached hydrogens (tertiary/aromatic N) is 2. The number of aliphatic hydroxyl groups is 1. The fourth-order valence-electron chi connectivity index (χ4n) is 3.06. The number of halogens is 2. The lowest BCUT2D eigenvalue weighted by Crippen LogP contribution is -2.37. The number of fused-ring (bicyclic) bond motifs is 1. The molecule has 21 heavy (non-hydrogen) atoms.